The summed E-state index contributed by atoms with van der Waals surface area (Å²) in [6, 6.07) is 7.50. The van der Waals surface area contributed by atoms with Crippen LogP contribution in [0.1, 0.15) is 31.2 Å². The van der Waals surface area contributed by atoms with Crippen LogP contribution in [-0.2, 0) is 9.59 Å². The molecule has 22 heavy (non-hydrogen) atoms. The molecule has 118 valence electrons. The molecule has 0 radical (unpaired) electrons. The summed E-state index contributed by atoms with van der Waals surface area (Å²) in [5.41, 5.74) is 6.05. The Morgan fingerprint density at radius 2 is 2.09 bits per heavy atom. The molecular formula is C17H22N2O3. The third-order valence-electron chi connectivity index (χ3n) is 4.76. The molecule has 3 unspecified atom stereocenters. The van der Waals surface area contributed by atoms with Gasteiger partial charge in [-0.05, 0) is 55.7 Å². The van der Waals surface area contributed by atoms with Gasteiger partial charge in [0.2, 0.25) is 5.91 Å². The van der Waals surface area contributed by atoms with Crippen LogP contribution in [0.5, 0.6) is 5.75 Å². The second kappa shape index (κ2) is 6.38. The molecule has 2 saturated carbocycles. The van der Waals surface area contributed by atoms with E-state index in [0.717, 1.165) is 18.4 Å². The highest BCUT2D eigenvalue weighted by Crippen LogP contribution is 2.48. The van der Waals surface area contributed by atoms with Gasteiger partial charge in [-0.25, -0.2) is 0 Å². The number of nitrogens with one attached hydrogen (secondary N) is 2. The summed E-state index contributed by atoms with van der Waals surface area (Å²) in [4.78, 5) is 23.8. The monoisotopic (exact) mass is 302 g/mol. The zero-order chi connectivity index (χ0) is 15.5. The highest BCUT2D eigenvalue weighted by atomic mass is 16.5. The van der Waals surface area contributed by atoms with E-state index < -0.39 is 0 Å². The number of aryl methyl sites for hydroxylation is 1. The zero-order valence-electron chi connectivity index (χ0n) is 12.8. The molecule has 5 heteroatoms. The van der Waals surface area contributed by atoms with Gasteiger partial charge in [-0.1, -0.05) is 18.6 Å². The van der Waals surface area contributed by atoms with Gasteiger partial charge in [-0.15, -0.1) is 0 Å². The van der Waals surface area contributed by atoms with Crippen molar-refractivity contribution in [3.63, 3.8) is 0 Å². The summed E-state index contributed by atoms with van der Waals surface area (Å²) >= 11 is 0. The second-order valence-electron chi connectivity index (χ2n) is 6.42. The predicted molar refractivity (Wildman–Crippen MR) is 81.9 cm³/mol. The molecule has 5 nitrogen and oxygen atoms in total. The summed E-state index contributed by atoms with van der Waals surface area (Å²) < 4.78 is 5.39. The van der Waals surface area contributed by atoms with Gasteiger partial charge in [0.15, 0.2) is 6.61 Å². The highest BCUT2D eigenvalue weighted by molar-refractivity contribution is 5.84. The minimum absolute atomic E-state index is 0.0592. The molecule has 2 aliphatic carbocycles. The normalized spacial score (nSPS) is 25.8. The average molecular weight is 302 g/mol. The Morgan fingerprint density at radius 1 is 1.23 bits per heavy atom. The van der Waals surface area contributed by atoms with Crippen molar-refractivity contribution in [2.24, 2.45) is 17.8 Å². The van der Waals surface area contributed by atoms with Gasteiger partial charge in [-0.2, -0.15) is 0 Å². The van der Waals surface area contributed by atoms with Gasteiger partial charge >= 0.3 is 0 Å². The molecular weight excluding hydrogens is 280 g/mol. The molecule has 0 aliphatic heterocycles. The number of hydrogen-bond acceptors (Lipinski definition) is 3. The Kier molecular flexibility index (Phi) is 4.32. The number of amides is 2. The van der Waals surface area contributed by atoms with Crippen LogP contribution in [0, 0.1) is 24.7 Å². The topological polar surface area (TPSA) is 67.4 Å². The van der Waals surface area contributed by atoms with Crippen molar-refractivity contribution in [3.8, 4) is 5.75 Å². The van der Waals surface area contributed by atoms with Gasteiger partial charge in [0.05, 0.1) is 0 Å². The van der Waals surface area contributed by atoms with Crippen LogP contribution in [0.2, 0.25) is 0 Å². The third-order valence-corrected chi connectivity index (χ3v) is 4.76. The van der Waals surface area contributed by atoms with Gasteiger partial charge in [0.1, 0.15) is 5.75 Å². The van der Waals surface area contributed by atoms with Gasteiger partial charge in [0.25, 0.3) is 5.91 Å². The summed E-state index contributed by atoms with van der Waals surface area (Å²) in [6.07, 6.45) is 4.53. The number of carbonyl (C=O) groups is 2. The molecule has 2 N–H and O–H groups in total. The van der Waals surface area contributed by atoms with Crippen molar-refractivity contribution in [2.75, 3.05) is 6.61 Å². The fraction of sp³-hybridized carbons (Fsp3) is 0.529. The molecule has 2 aliphatic rings. The van der Waals surface area contributed by atoms with Crippen molar-refractivity contribution >= 4 is 11.8 Å². The Hall–Kier alpha value is -2.04. The van der Waals surface area contributed by atoms with Crippen molar-refractivity contribution < 1.29 is 14.3 Å². The maximum Gasteiger partial charge on any atom is 0.276 e. The molecule has 2 bridgehead atoms. The van der Waals surface area contributed by atoms with Crippen LogP contribution in [0.25, 0.3) is 0 Å². The molecule has 1 aromatic rings. The Labute approximate surface area is 130 Å². The molecule has 0 aromatic heterocycles. The fourth-order valence-electron chi connectivity index (χ4n) is 3.68. The summed E-state index contributed by atoms with van der Waals surface area (Å²) in [5, 5.41) is 0. The average Bonchev–Trinajstić information content (AvgIpc) is 3.13. The van der Waals surface area contributed by atoms with Crippen LogP contribution < -0.4 is 15.6 Å². The van der Waals surface area contributed by atoms with Crippen molar-refractivity contribution in [3.05, 3.63) is 29.8 Å². The Bertz CT molecular complexity index is 573. The number of hydrazine groups is 1. The molecule has 3 rings (SSSR count). The lowest BCUT2D eigenvalue weighted by Crippen LogP contribution is -2.47. The minimum atomic E-state index is -0.349. The molecule has 1 aromatic carbocycles. The number of ether oxygens (including phenoxy) is 1. The van der Waals surface area contributed by atoms with E-state index in [1.54, 1.807) is 6.07 Å². The van der Waals surface area contributed by atoms with Crippen molar-refractivity contribution in [1.82, 2.24) is 10.9 Å². The lowest BCUT2D eigenvalue weighted by atomic mass is 9.88. The fourth-order valence-corrected chi connectivity index (χ4v) is 3.68. The number of carbonyl (C=O) groups excluding carboxylic acids is 2. The number of hydrogen-bond donors (Lipinski definition) is 2. The molecule has 3 atom stereocenters. The second-order valence-corrected chi connectivity index (χ2v) is 6.42. The minimum Gasteiger partial charge on any atom is -0.484 e. The molecule has 0 heterocycles. The standard InChI is InChI=1S/C17H22N2O3/c1-11-3-2-4-14(7-11)22-10-16(20)18-19-17(21)15-9-12-5-6-13(15)8-12/h2-4,7,12-13,15H,5-6,8-10H2,1H3,(H,18,20)(H,19,21). The van der Waals surface area contributed by atoms with Crippen LogP contribution >= 0.6 is 0 Å². The lowest BCUT2D eigenvalue weighted by molar-refractivity contribution is -0.133. The maximum absolute atomic E-state index is 12.1. The molecule has 0 spiro atoms. The van der Waals surface area contributed by atoms with Gasteiger partial charge in [-0.3, -0.25) is 20.4 Å². The Balaban J connectivity index is 1.40. The van der Waals surface area contributed by atoms with Crippen LogP contribution in [0.4, 0.5) is 0 Å². The van der Waals surface area contributed by atoms with E-state index in [0.29, 0.717) is 17.6 Å². The number of benzene rings is 1. The van der Waals surface area contributed by atoms with Crippen LogP contribution in [-0.4, -0.2) is 18.4 Å². The predicted octanol–water partition coefficient (Wildman–Crippen LogP) is 1.96. The summed E-state index contributed by atoms with van der Waals surface area (Å²) in [5.74, 6) is 1.52. The maximum atomic E-state index is 12.1. The lowest BCUT2D eigenvalue weighted by Gasteiger charge is -2.20. The largest absolute Gasteiger partial charge is 0.484 e. The van der Waals surface area contributed by atoms with Crippen LogP contribution in [0.15, 0.2) is 24.3 Å². The van der Waals surface area contributed by atoms with E-state index in [9.17, 15) is 9.59 Å². The quantitative estimate of drug-likeness (QED) is 0.836. The Morgan fingerprint density at radius 3 is 2.77 bits per heavy atom. The number of rotatable bonds is 4. The third kappa shape index (κ3) is 3.40. The first-order valence-electron chi connectivity index (χ1n) is 7.90. The first-order chi connectivity index (χ1) is 10.6. The summed E-state index contributed by atoms with van der Waals surface area (Å²) in [7, 11) is 0. The van der Waals surface area contributed by atoms with E-state index in [2.05, 4.69) is 10.9 Å². The van der Waals surface area contributed by atoms with Crippen molar-refractivity contribution in [1.29, 1.82) is 0 Å². The summed E-state index contributed by atoms with van der Waals surface area (Å²) in [6.45, 7) is 1.85. The van der Waals surface area contributed by atoms with Gasteiger partial charge in [0, 0.05) is 5.92 Å². The first kappa shape index (κ1) is 14.9. The van der Waals surface area contributed by atoms with Gasteiger partial charge < -0.3 is 4.74 Å². The van der Waals surface area contributed by atoms with E-state index in [4.69, 9.17) is 4.74 Å². The molecule has 2 fully saturated rings. The van der Waals surface area contributed by atoms with E-state index in [-0.39, 0.29) is 24.3 Å². The SMILES string of the molecule is Cc1cccc(OCC(=O)NNC(=O)C2CC3CCC2C3)c1. The zero-order valence-corrected chi connectivity index (χ0v) is 12.8. The van der Waals surface area contributed by atoms with E-state index in [1.165, 1.54) is 12.8 Å². The highest BCUT2D eigenvalue weighted by Gasteiger charge is 2.43. The van der Waals surface area contributed by atoms with E-state index in [1.807, 2.05) is 25.1 Å². The van der Waals surface area contributed by atoms with Crippen LogP contribution in [0.3, 0.4) is 0 Å². The number of fused-ring (bicyclic) bond motifs is 2. The first-order valence-corrected chi connectivity index (χ1v) is 7.90. The molecule has 0 saturated heterocycles. The van der Waals surface area contributed by atoms with Crippen molar-refractivity contribution in [2.45, 2.75) is 32.6 Å². The smallest absolute Gasteiger partial charge is 0.276 e. The van der Waals surface area contributed by atoms with E-state index >= 15 is 0 Å². The molecule has 2 amide bonds.